The zero-order valence-electron chi connectivity index (χ0n) is 17.1. The Labute approximate surface area is 181 Å². The fourth-order valence-electron chi connectivity index (χ4n) is 3.73. The third kappa shape index (κ3) is 4.79. The Balaban J connectivity index is 1.40. The van der Waals surface area contributed by atoms with Crippen molar-refractivity contribution in [2.24, 2.45) is 0 Å². The lowest BCUT2D eigenvalue weighted by atomic mass is 10.1. The van der Waals surface area contributed by atoms with Gasteiger partial charge in [0.15, 0.2) is 0 Å². The van der Waals surface area contributed by atoms with Gasteiger partial charge in [-0.15, -0.1) is 0 Å². The number of rotatable bonds is 6. The Morgan fingerprint density at radius 3 is 2.45 bits per heavy atom. The highest BCUT2D eigenvalue weighted by Gasteiger charge is 2.27. The zero-order chi connectivity index (χ0) is 21.8. The maximum Gasteiger partial charge on any atom is 0.251 e. The average molecular weight is 444 g/mol. The third-order valence-corrected chi connectivity index (χ3v) is 7.37. The van der Waals surface area contributed by atoms with Gasteiger partial charge < -0.3 is 15.0 Å². The van der Waals surface area contributed by atoms with E-state index in [1.165, 1.54) is 16.4 Å². The van der Waals surface area contributed by atoms with E-state index in [2.05, 4.69) is 5.32 Å². The molecule has 0 aliphatic carbocycles. The van der Waals surface area contributed by atoms with Crippen molar-refractivity contribution in [3.05, 3.63) is 59.7 Å². The fraction of sp³-hybridized carbons (Fsp3) is 0.364. The highest BCUT2D eigenvalue weighted by Crippen LogP contribution is 2.22. The van der Waals surface area contributed by atoms with Crippen molar-refractivity contribution in [1.29, 1.82) is 0 Å². The van der Waals surface area contributed by atoms with Crippen molar-refractivity contribution in [3.63, 3.8) is 0 Å². The summed E-state index contributed by atoms with van der Waals surface area (Å²) in [5, 5.41) is 2.82. The number of nitrogens with zero attached hydrogens (tertiary/aromatic N) is 2. The Hall–Kier alpha value is -2.75. The molecule has 2 saturated heterocycles. The van der Waals surface area contributed by atoms with E-state index < -0.39 is 10.0 Å². The Morgan fingerprint density at radius 2 is 1.77 bits per heavy atom. The summed E-state index contributed by atoms with van der Waals surface area (Å²) in [5.41, 5.74) is 2.04. The van der Waals surface area contributed by atoms with Crippen LogP contribution in [0.5, 0.6) is 0 Å². The predicted molar refractivity (Wildman–Crippen MR) is 115 cm³/mol. The van der Waals surface area contributed by atoms with Crippen LogP contribution in [0, 0.1) is 0 Å². The molecule has 9 heteroatoms. The standard InChI is InChI=1S/C22H25N3O5S/c26-21-5-2-10-25(21)19-8-6-17(7-9-19)16-23-22(27)18-3-1-4-20(15-18)31(28,29)24-11-13-30-14-12-24/h1,3-4,6-9,15H,2,5,10-14,16H2,(H,23,27). The van der Waals surface area contributed by atoms with Crippen molar-refractivity contribution in [1.82, 2.24) is 9.62 Å². The molecule has 4 rings (SSSR count). The van der Waals surface area contributed by atoms with E-state index in [4.69, 9.17) is 4.74 Å². The SMILES string of the molecule is O=C(NCc1ccc(N2CCCC2=O)cc1)c1cccc(S(=O)(=O)N2CCOCC2)c1. The number of carbonyl (C=O) groups excluding carboxylic acids is 2. The molecule has 0 unspecified atom stereocenters. The summed E-state index contributed by atoms with van der Waals surface area (Å²) < 4.78 is 32.2. The molecular weight excluding hydrogens is 418 g/mol. The predicted octanol–water partition coefficient (Wildman–Crippen LogP) is 1.76. The summed E-state index contributed by atoms with van der Waals surface area (Å²) in [7, 11) is -3.66. The lowest BCUT2D eigenvalue weighted by Gasteiger charge is -2.26. The van der Waals surface area contributed by atoms with E-state index in [1.807, 2.05) is 24.3 Å². The molecule has 0 atom stereocenters. The zero-order valence-corrected chi connectivity index (χ0v) is 17.9. The number of amides is 2. The molecule has 2 amide bonds. The van der Waals surface area contributed by atoms with Gasteiger partial charge in [-0.1, -0.05) is 18.2 Å². The van der Waals surface area contributed by atoms with E-state index in [9.17, 15) is 18.0 Å². The quantitative estimate of drug-likeness (QED) is 0.734. The first-order valence-electron chi connectivity index (χ1n) is 10.3. The second-order valence-corrected chi connectivity index (χ2v) is 9.48. The molecule has 0 bridgehead atoms. The molecule has 164 valence electrons. The van der Waals surface area contributed by atoms with E-state index >= 15 is 0 Å². The van der Waals surface area contributed by atoms with Crippen LogP contribution in [0.4, 0.5) is 5.69 Å². The van der Waals surface area contributed by atoms with Crippen molar-refractivity contribution < 1.29 is 22.7 Å². The maximum absolute atomic E-state index is 12.8. The fourth-order valence-corrected chi connectivity index (χ4v) is 5.19. The van der Waals surface area contributed by atoms with E-state index in [1.54, 1.807) is 17.0 Å². The lowest BCUT2D eigenvalue weighted by molar-refractivity contribution is -0.117. The molecule has 31 heavy (non-hydrogen) atoms. The summed E-state index contributed by atoms with van der Waals surface area (Å²) in [6, 6.07) is 13.6. The number of benzene rings is 2. The van der Waals surface area contributed by atoms with Crippen LogP contribution in [0.15, 0.2) is 53.4 Å². The van der Waals surface area contributed by atoms with Crippen molar-refractivity contribution in [2.45, 2.75) is 24.3 Å². The first-order chi connectivity index (χ1) is 14.9. The van der Waals surface area contributed by atoms with Gasteiger partial charge in [-0.05, 0) is 42.3 Å². The van der Waals surface area contributed by atoms with Crippen LogP contribution < -0.4 is 10.2 Å². The molecular formula is C22H25N3O5S. The Bertz CT molecular complexity index is 1060. The molecule has 0 radical (unpaired) electrons. The van der Waals surface area contributed by atoms with Gasteiger partial charge in [-0.25, -0.2) is 8.42 Å². The van der Waals surface area contributed by atoms with Crippen molar-refractivity contribution >= 4 is 27.5 Å². The number of ether oxygens (including phenoxy) is 1. The minimum absolute atomic E-state index is 0.0988. The summed E-state index contributed by atoms with van der Waals surface area (Å²) >= 11 is 0. The van der Waals surface area contributed by atoms with Gasteiger partial charge in [0.25, 0.3) is 5.91 Å². The van der Waals surface area contributed by atoms with Gasteiger partial charge in [0.2, 0.25) is 15.9 Å². The molecule has 0 aromatic heterocycles. The number of carbonyl (C=O) groups is 2. The second kappa shape index (κ2) is 9.17. The minimum atomic E-state index is -3.66. The van der Waals surface area contributed by atoms with Crippen LogP contribution in [0.3, 0.4) is 0 Å². The van der Waals surface area contributed by atoms with Gasteiger partial charge in [0.05, 0.1) is 18.1 Å². The molecule has 2 aliphatic heterocycles. The molecule has 1 N–H and O–H groups in total. The smallest absolute Gasteiger partial charge is 0.251 e. The molecule has 0 saturated carbocycles. The first kappa shape index (κ1) is 21.5. The van der Waals surface area contributed by atoms with Gasteiger partial charge in [-0.3, -0.25) is 9.59 Å². The van der Waals surface area contributed by atoms with Crippen LogP contribution in [0.25, 0.3) is 0 Å². The molecule has 0 spiro atoms. The number of nitrogens with one attached hydrogen (secondary N) is 1. The Morgan fingerprint density at radius 1 is 1.03 bits per heavy atom. The molecule has 2 aromatic rings. The third-order valence-electron chi connectivity index (χ3n) is 5.48. The van der Waals surface area contributed by atoms with Crippen LogP contribution >= 0.6 is 0 Å². The number of hydrogen-bond acceptors (Lipinski definition) is 5. The minimum Gasteiger partial charge on any atom is -0.379 e. The van der Waals surface area contributed by atoms with Crippen LogP contribution in [-0.4, -0.2) is 57.4 Å². The van der Waals surface area contributed by atoms with Crippen LogP contribution in [0.2, 0.25) is 0 Å². The largest absolute Gasteiger partial charge is 0.379 e. The van der Waals surface area contributed by atoms with Crippen molar-refractivity contribution in [2.75, 3.05) is 37.7 Å². The lowest BCUT2D eigenvalue weighted by Crippen LogP contribution is -2.40. The number of morpholine rings is 1. The molecule has 2 aromatic carbocycles. The first-order valence-corrected chi connectivity index (χ1v) is 11.7. The molecule has 2 fully saturated rings. The molecule has 8 nitrogen and oxygen atoms in total. The number of hydrogen-bond donors (Lipinski definition) is 1. The van der Waals surface area contributed by atoms with E-state index in [-0.39, 0.29) is 22.3 Å². The normalized spacial score (nSPS) is 17.7. The van der Waals surface area contributed by atoms with E-state index in [0.29, 0.717) is 39.3 Å². The van der Waals surface area contributed by atoms with Crippen molar-refractivity contribution in [3.8, 4) is 0 Å². The Kier molecular flexibility index (Phi) is 6.35. The number of sulfonamides is 1. The average Bonchev–Trinajstić information content (AvgIpc) is 3.24. The summed E-state index contributed by atoms with van der Waals surface area (Å²) in [5.74, 6) is -0.217. The van der Waals surface area contributed by atoms with Gasteiger partial charge in [-0.2, -0.15) is 4.31 Å². The van der Waals surface area contributed by atoms with Gasteiger partial charge in [0, 0.05) is 43.9 Å². The summed E-state index contributed by atoms with van der Waals surface area (Å²) in [6.07, 6.45) is 1.45. The topological polar surface area (TPSA) is 96.0 Å². The van der Waals surface area contributed by atoms with Gasteiger partial charge >= 0.3 is 0 Å². The van der Waals surface area contributed by atoms with Crippen LogP contribution in [0.1, 0.15) is 28.8 Å². The monoisotopic (exact) mass is 443 g/mol. The van der Waals surface area contributed by atoms with Crippen LogP contribution in [-0.2, 0) is 26.1 Å². The second-order valence-electron chi connectivity index (χ2n) is 7.54. The summed E-state index contributed by atoms with van der Waals surface area (Å²) in [6.45, 7) is 2.37. The maximum atomic E-state index is 12.8. The highest BCUT2D eigenvalue weighted by atomic mass is 32.2. The molecule has 2 heterocycles. The molecule has 2 aliphatic rings. The van der Waals surface area contributed by atoms with E-state index in [0.717, 1.165) is 24.2 Å². The summed E-state index contributed by atoms with van der Waals surface area (Å²) in [4.78, 5) is 26.3. The number of anilines is 1. The van der Waals surface area contributed by atoms with Gasteiger partial charge in [0.1, 0.15) is 0 Å². The highest BCUT2D eigenvalue weighted by molar-refractivity contribution is 7.89.